The summed E-state index contributed by atoms with van der Waals surface area (Å²) in [6.45, 7) is 0.344. The van der Waals surface area contributed by atoms with Crippen LogP contribution in [-0.4, -0.2) is 54.7 Å². The zero-order chi connectivity index (χ0) is 12.8. The lowest BCUT2D eigenvalue weighted by atomic mass is 10.0. The molecule has 2 unspecified atom stereocenters. The predicted molar refractivity (Wildman–Crippen MR) is 61.4 cm³/mol. The number of amides is 1. The molecule has 0 radical (unpaired) electrons. The van der Waals surface area contributed by atoms with Crippen molar-refractivity contribution in [3.63, 3.8) is 0 Å². The van der Waals surface area contributed by atoms with Gasteiger partial charge in [-0.15, -0.1) is 0 Å². The molecule has 1 aliphatic carbocycles. The van der Waals surface area contributed by atoms with Gasteiger partial charge in [-0.25, -0.2) is 0 Å². The Morgan fingerprint density at radius 3 is 2.65 bits per heavy atom. The summed E-state index contributed by atoms with van der Waals surface area (Å²) < 4.78 is 4.88. The lowest BCUT2D eigenvalue weighted by Crippen LogP contribution is -2.45. The first-order chi connectivity index (χ1) is 8.06. The van der Waals surface area contributed by atoms with Crippen LogP contribution >= 0.6 is 0 Å². The van der Waals surface area contributed by atoms with Crippen LogP contribution in [0, 0.1) is 5.92 Å². The fourth-order valence-electron chi connectivity index (χ4n) is 2.16. The van der Waals surface area contributed by atoms with Gasteiger partial charge in [-0.1, -0.05) is 6.42 Å². The van der Waals surface area contributed by atoms with Crippen LogP contribution in [0.25, 0.3) is 0 Å². The van der Waals surface area contributed by atoms with Gasteiger partial charge in [0.1, 0.15) is 6.54 Å². The van der Waals surface area contributed by atoms with Gasteiger partial charge in [0.2, 0.25) is 5.91 Å². The van der Waals surface area contributed by atoms with E-state index < -0.39 is 5.97 Å². The molecule has 6 nitrogen and oxygen atoms in total. The van der Waals surface area contributed by atoms with Crippen LogP contribution in [0.15, 0.2) is 0 Å². The Morgan fingerprint density at radius 1 is 1.47 bits per heavy atom. The van der Waals surface area contributed by atoms with Gasteiger partial charge in [-0.3, -0.25) is 9.59 Å². The Hall–Kier alpha value is -1.14. The third kappa shape index (κ3) is 3.98. The molecule has 3 N–H and O–H groups in total. The molecule has 0 heterocycles. The van der Waals surface area contributed by atoms with Gasteiger partial charge in [0.05, 0.1) is 12.5 Å². The highest BCUT2D eigenvalue weighted by Gasteiger charge is 2.33. The molecule has 0 spiro atoms. The van der Waals surface area contributed by atoms with Gasteiger partial charge >= 0.3 is 5.97 Å². The SMILES string of the molecule is COCCN(CC(=O)O)C(=O)C1CCCC1N. The van der Waals surface area contributed by atoms with E-state index in [4.69, 9.17) is 15.6 Å². The quantitative estimate of drug-likeness (QED) is 0.667. The van der Waals surface area contributed by atoms with Gasteiger partial charge in [0.25, 0.3) is 0 Å². The zero-order valence-corrected chi connectivity index (χ0v) is 10.1. The fraction of sp³-hybridized carbons (Fsp3) is 0.818. The van der Waals surface area contributed by atoms with Gasteiger partial charge in [0.15, 0.2) is 0 Å². The second-order valence-electron chi connectivity index (χ2n) is 4.35. The summed E-state index contributed by atoms with van der Waals surface area (Å²) in [6.07, 6.45) is 2.52. The summed E-state index contributed by atoms with van der Waals surface area (Å²) in [5, 5.41) is 8.77. The largest absolute Gasteiger partial charge is 0.480 e. The van der Waals surface area contributed by atoms with Crippen LogP contribution in [-0.2, 0) is 14.3 Å². The molecule has 2 atom stereocenters. The number of ether oxygens (including phenoxy) is 1. The van der Waals surface area contributed by atoms with Gasteiger partial charge in [-0.05, 0) is 12.8 Å². The van der Waals surface area contributed by atoms with E-state index in [-0.39, 0.29) is 24.4 Å². The lowest BCUT2D eigenvalue weighted by molar-refractivity contribution is -0.146. The second-order valence-corrected chi connectivity index (χ2v) is 4.35. The van der Waals surface area contributed by atoms with E-state index >= 15 is 0 Å². The lowest BCUT2D eigenvalue weighted by Gasteiger charge is -2.25. The molecule has 17 heavy (non-hydrogen) atoms. The van der Waals surface area contributed by atoms with E-state index in [1.165, 1.54) is 12.0 Å². The fourth-order valence-corrected chi connectivity index (χ4v) is 2.16. The number of carbonyl (C=O) groups excluding carboxylic acids is 1. The topological polar surface area (TPSA) is 92.9 Å². The zero-order valence-electron chi connectivity index (χ0n) is 10.1. The van der Waals surface area contributed by atoms with E-state index in [0.29, 0.717) is 13.2 Å². The van der Waals surface area contributed by atoms with E-state index in [9.17, 15) is 9.59 Å². The average Bonchev–Trinajstić information content (AvgIpc) is 2.69. The van der Waals surface area contributed by atoms with Crippen LogP contribution in [0.5, 0.6) is 0 Å². The van der Waals surface area contributed by atoms with Gasteiger partial charge < -0.3 is 20.5 Å². The molecular formula is C11H20N2O4. The van der Waals surface area contributed by atoms with Crippen molar-refractivity contribution in [2.45, 2.75) is 25.3 Å². The summed E-state index contributed by atoms with van der Waals surface area (Å²) in [7, 11) is 1.52. The van der Waals surface area contributed by atoms with Crippen molar-refractivity contribution in [1.29, 1.82) is 0 Å². The minimum absolute atomic E-state index is 0.138. The Bertz CT molecular complexity index is 283. The molecule has 98 valence electrons. The molecule has 0 aromatic rings. The number of aliphatic carboxylic acids is 1. The van der Waals surface area contributed by atoms with Crippen molar-refractivity contribution in [3.05, 3.63) is 0 Å². The molecule has 0 bridgehead atoms. The molecule has 1 saturated carbocycles. The van der Waals surface area contributed by atoms with Crippen molar-refractivity contribution in [1.82, 2.24) is 4.90 Å². The minimum Gasteiger partial charge on any atom is -0.480 e. The molecule has 0 aliphatic heterocycles. The molecular weight excluding hydrogens is 224 g/mol. The van der Waals surface area contributed by atoms with Gasteiger partial charge in [0, 0.05) is 19.7 Å². The summed E-state index contributed by atoms with van der Waals surface area (Å²) >= 11 is 0. The number of nitrogens with two attached hydrogens (primary N) is 1. The molecule has 0 aromatic heterocycles. The monoisotopic (exact) mass is 244 g/mol. The van der Waals surface area contributed by atoms with Crippen LogP contribution < -0.4 is 5.73 Å². The maximum atomic E-state index is 12.1. The van der Waals surface area contributed by atoms with E-state index in [2.05, 4.69) is 0 Å². The molecule has 1 amide bonds. The summed E-state index contributed by atoms with van der Waals surface area (Å²) in [6, 6.07) is -0.138. The average molecular weight is 244 g/mol. The van der Waals surface area contributed by atoms with Crippen molar-refractivity contribution < 1.29 is 19.4 Å². The smallest absolute Gasteiger partial charge is 0.323 e. The van der Waals surface area contributed by atoms with Crippen molar-refractivity contribution in [2.75, 3.05) is 26.8 Å². The Labute approximate surface area is 101 Å². The van der Waals surface area contributed by atoms with Crippen molar-refractivity contribution in [3.8, 4) is 0 Å². The van der Waals surface area contributed by atoms with E-state index in [1.54, 1.807) is 0 Å². The predicted octanol–water partition coefficient (Wildman–Crippen LogP) is -0.327. The number of nitrogens with zero attached hydrogens (tertiary/aromatic N) is 1. The number of methoxy groups -OCH3 is 1. The first-order valence-electron chi connectivity index (χ1n) is 5.81. The third-order valence-electron chi connectivity index (χ3n) is 3.09. The van der Waals surface area contributed by atoms with E-state index in [0.717, 1.165) is 19.3 Å². The van der Waals surface area contributed by atoms with Crippen LogP contribution in [0.2, 0.25) is 0 Å². The molecule has 1 aliphatic rings. The van der Waals surface area contributed by atoms with Crippen molar-refractivity contribution in [2.24, 2.45) is 11.7 Å². The third-order valence-corrected chi connectivity index (χ3v) is 3.09. The minimum atomic E-state index is -1.01. The Kier molecular flexibility index (Phi) is 5.37. The highest BCUT2D eigenvalue weighted by atomic mass is 16.5. The molecule has 0 saturated heterocycles. The molecule has 0 aromatic carbocycles. The first-order valence-corrected chi connectivity index (χ1v) is 5.81. The number of hydrogen-bond acceptors (Lipinski definition) is 4. The maximum Gasteiger partial charge on any atom is 0.323 e. The summed E-state index contributed by atoms with van der Waals surface area (Å²) in [4.78, 5) is 24.2. The standard InChI is InChI=1S/C11H20N2O4/c1-17-6-5-13(7-10(14)15)11(16)8-3-2-4-9(8)12/h8-9H,2-7,12H2,1H3,(H,14,15). The highest BCUT2D eigenvalue weighted by molar-refractivity contribution is 5.83. The highest BCUT2D eigenvalue weighted by Crippen LogP contribution is 2.25. The maximum absolute atomic E-state index is 12.1. The number of rotatable bonds is 6. The van der Waals surface area contributed by atoms with Crippen LogP contribution in [0.3, 0.4) is 0 Å². The molecule has 1 rings (SSSR count). The molecule has 1 fully saturated rings. The Morgan fingerprint density at radius 2 is 2.18 bits per heavy atom. The van der Waals surface area contributed by atoms with Crippen molar-refractivity contribution >= 4 is 11.9 Å². The summed E-state index contributed by atoms with van der Waals surface area (Å²) in [5.74, 6) is -1.40. The number of carboxylic acid groups (broad SMARTS) is 1. The number of carboxylic acids is 1. The normalized spacial score (nSPS) is 23.6. The second kappa shape index (κ2) is 6.56. The number of hydrogen-bond donors (Lipinski definition) is 2. The molecule has 6 heteroatoms. The Balaban J connectivity index is 2.60. The number of carbonyl (C=O) groups is 2. The van der Waals surface area contributed by atoms with E-state index in [1.807, 2.05) is 0 Å². The van der Waals surface area contributed by atoms with Crippen LogP contribution in [0.1, 0.15) is 19.3 Å². The first kappa shape index (κ1) is 13.9. The summed E-state index contributed by atoms with van der Waals surface area (Å²) in [5.41, 5.74) is 5.85. The van der Waals surface area contributed by atoms with Crippen LogP contribution in [0.4, 0.5) is 0 Å². The van der Waals surface area contributed by atoms with Gasteiger partial charge in [-0.2, -0.15) is 0 Å².